The third-order valence-corrected chi connectivity index (χ3v) is 2.98. The minimum Gasteiger partial charge on any atom is -0.320 e. The van der Waals surface area contributed by atoms with Gasteiger partial charge in [0.05, 0.1) is 0 Å². The molecule has 0 aromatic carbocycles. The lowest BCUT2D eigenvalue weighted by Crippen LogP contribution is -2.13. The topological polar surface area (TPSA) is 12.0 Å². The molecular weight excluding hydrogens is 122 g/mol. The Bertz CT molecular complexity index is 111. The Hall–Kier alpha value is -0.0400. The molecule has 0 aromatic heterocycles. The van der Waals surface area contributed by atoms with Crippen LogP contribution in [0.3, 0.4) is 0 Å². The van der Waals surface area contributed by atoms with Crippen LogP contribution in [0.1, 0.15) is 33.1 Å². The minimum absolute atomic E-state index is 0.706. The van der Waals surface area contributed by atoms with Crippen molar-refractivity contribution in [1.82, 2.24) is 5.32 Å². The second-order valence-electron chi connectivity index (χ2n) is 3.82. The highest BCUT2D eigenvalue weighted by atomic mass is 14.8. The summed E-state index contributed by atoms with van der Waals surface area (Å²) >= 11 is 0. The minimum atomic E-state index is 0.706. The summed E-state index contributed by atoms with van der Waals surface area (Å²) in [6.07, 6.45) is 4.20. The average molecular weight is 141 g/mol. The predicted octanol–water partition coefficient (Wildman–Crippen LogP) is 2.03. The van der Waals surface area contributed by atoms with Gasteiger partial charge in [0.15, 0.2) is 0 Å². The van der Waals surface area contributed by atoms with Gasteiger partial charge in [-0.05, 0) is 37.8 Å². The molecule has 2 atom stereocenters. The van der Waals surface area contributed by atoms with Crippen LogP contribution in [-0.4, -0.2) is 13.6 Å². The Morgan fingerprint density at radius 2 is 2.30 bits per heavy atom. The van der Waals surface area contributed by atoms with E-state index in [-0.39, 0.29) is 0 Å². The summed E-state index contributed by atoms with van der Waals surface area (Å²) in [4.78, 5) is 0. The van der Waals surface area contributed by atoms with Gasteiger partial charge < -0.3 is 5.32 Å². The maximum absolute atomic E-state index is 3.21. The Morgan fingerprint density at radius 1 is 1.60 bits per heavy atom. The van der Waals surface area contributed by atoms with Gasteiger partial charge >= 0.3 is 0 Å². The molecule has 1 aliphatic rings. The van der Waals surface area contributed by atoms with Crippen LogP contribution in [0.25, 0.3) is 0 Å². The van der Waals surface area contributed by atoms with Crippen LogP contribution in [0.15, 0.2) is 0 Å². The molecule has 60 valence electrons. The molecule has 0 radical (unpaired) electrons. The van der Waals surface area contributed by atoms with Crippen molar-refractivity contribution in [2.75, 3.05) is 13.6 Å². The standard InChI is InChI=1S/C9H19N/c1-4-8-7-9(8,2)5-6-10-3/h8,10H,4-7H2,1-3H3. The van der Waals surface area contributed by atoms with Gasteiger partial charge in [-0.25, -0.2) is 0 Å². The molecular formula is C9H19N. The van der Waals surface area contributed by atoms with E-state index in [1.54, 1.807) is 0 Å². The molecule has 0 amide bonds. The summed E-state index contributed by atoms with van der Waals surface area (Å²) in [5.41, 5.74) is 0.706. The van der Waals surface area contributed by atoms with Crippen LogP contribution in [0.4, 0.5) is 0 Å². The Labute approximate surface area is 64.2 Å². The fraction of sp³-hybridized carbons (Fsp3) is 1.00. The number of rotatable bonds is 4. The van der Waals surface area contributed by atoms with Crippen molar-refractivity contribution in [2.24, 2.45) is 11.3 Å². The zero-order valence-corrected chi connectivity index (χ0v) is 7.41. The van der Waals surface area contributed by atoms with Crippen molar-refractivity contribution in [3.05, 3.63) is 0 Å². The third-order valence-electron chi connectivity index (χ3n) is 2.98. The summed E-state index contributed by atoms with van der Waals surface area (Å²) in [7, 11) is 2.03. The van der Waals surface area contributed by atoms with Gasteiger partial charge in [0.2, 0.25) is 0 Å². The maximum Gasteiger partial charge on any atom is -0.00466 e. The smallest absolute Gasteiger partial charge is 0.00466 e. The van der Waals surface area contributed by atoms with Crippen molar-refractivity contribution in [1.29, 1.82) is 0 Å². The van der Waals surface area contributed by atoms with Crippen molar-refractivity contribution in [2.45, 2.75) is 33.1 Å². The molecule has 0 heterocycles. The first kappa shape index (κ1) is 8.06. The Balaban J connectivity index is 2.16. The molecule has 1 heteroatoms. The molecule has 10 heavy (non-hydrogen) atoms. The van der Waals surface area contributed by atoms with E-state index < -0.39 is 0 Å². The SMILES string of the molecule is CCC1CC1(C)CCNC. The zero-order chi connectivity index (χ0) is 7.61. The van der Waals surface area contributed by atoms with Gasteiger partial charge in [0, 0.05) is 0 Å². The highest BCUT2D eigenvalue weighted by Gasteiger charge is 2.47. The van der Waals surface area contributed by atoms with Crippen molar-refractivity contribution < 1.29 is 0 Å². The third kappa shape index (κ3) is 1.51. The molecule has 2 unspecified atom stereocenters. The van der Waals surface area contributed by atoms with E-state index in [4.69, 9.17) is 0 Å². The first-order chi connectivity index (χ1) is 4.73. The quantitative estimate of drug-likeness (QED) is 0.631. The molecule has 1 N–H and O–H groups in total. The van der Waals surface area contributed by atoms with Gasteiger partial charge in [-0.15, -0.1) is 0 Å². The van der Waals surface area contributed by atoms with Gasteiger partial charge in [-0.3, -0.25) is 0 Å². The maximum atomic E-state index is 3.21. The lowest BCUT2D eigenvalue weighted by Gasteiger charge is -2.08. The van der Waals surface area contributed by atoms with Gasteiger partial charge in [0.1, 0.15) is 0 Å². The molecule has 0 saturated heterocycles. The van der Waals surface area contributed by atoms with Crippen LogP contribution in [0, 0.1) is 11.3 Å². The average Bonchev–Trinajstić information content (AvgIpc) is 2.59. The molecule has 0 aliphatic heterocycles. The predicted molar refractivity (Wildman–Crippen MR) is 45.0 cm³/mol. The van der Waals surface area contributed by atoms with Gasteiger partial charge in [-0.2, -0.15) is 0 Å². The first-order valence-corrected chi connectivity index (χ1v) is 4.37. The summed E-state index contributed by atoms with van der Waals surface area (Å²) in [5.74, 6) is 1.03. The van der Waals surface area contributed by atoms with Crippen LogP contribution >= 0.6 is 0 Å². The molecule has 1 nitrogen and oxygen atoms in total. The summed E-state index contributed by atoms with van der Waals surface area (Å²) in [5, 5.41) is 3.21. The second kappa shape index (κ2) is 2.91. The summed E-state index contributed by atoms with van der Waals surface area (Å²) in [6, 6.07) is 0. The first-order valence-electron chi connectivity index (χ1n) is 4.37. The summed E-state index contributed by atoms with van der Waals surface area (Å²) in [6.45, 7) is 5.90. The van der Waals surface area contributed by atoms with E-state index in [0.29, 0.717) is 5.41 Å². The van der Waals surface area contributed by atoms with Crippen LogP contribution in [-0.2, 0) is 0 Å². The Kier molecular flexibility index (Phi) is 2.35. The molecule has 0 spiro atoms. The molecule has 1 aliphatic carbocycles. The van der Waals surface area contributed by atoms with E-state index in [2.05, 4.69) is 19.2 Å². The lowest BCUT2D eigenvalue weighted by molar-refractivity contribution is 0.446. The van der Waals surface area contributed by atoms with E-state index >= 15 is 0 Å². The van der Waals surface area contributed by atoms with E-state index in [1.165, 1.54) is 25.8 Å². The molecule has 0 aromatic rings. The van der Waals surface area contributed by atoms with E-state index in [0.717, 1.165) is 5.92 Å². The van der Waals surface area contributed by atoms with E-state index in [1.807, 2.05) is 7.05 Å². The molecule has 0 bridgehead atoms. The highest BCUT2D eigenvalue weighted by Crippen LogP contribution is 2.56. The van der Waals surface area contributed by atoms with Crippen molar-refractivity contribution in [3.8, 4) is 0 Å². The molecule has 1 rings (SSSR count). The zero-order valence-electron chi connectivity index (χ0n) is 7.41. The highest BCUT2D eigenvalue weighted by molar-refractivity contribution is 4.97. The largest absolute Gasteiger partial charge is 0.320 e. The van der Waals surface area contributed by atoms with Crippen molar-refractivity contribution in [3.63, 3.8) is 0 Å². The molecule has 1 fully saturated rings. The fourth-order valence-corrected chi connectivity index (χ4v) is 1.86. The normalized spacial score (nSPS) is 38.1. The van der Waals surface area contributed by atoms with Crippen molar-refractivity contribution >= 4 is 0 Å². The summed E-state index contributed by atoms with van der Waals surface area (Å²) < 4.78 is 0. The number of nitrogens with one attached hydrogen (secondary N) is 1. The number of hydrogen-bond donors (Lipinski definition) is 1. The fourth-order valence-electron chi connectivity index (χ4n) is 1.86. The monoisotopic (exact) mass is 141 g/mol. The van der Waals surface area contributed by atoms with Crippen LogP contribution in [0.5, 0.6) is 0 Å². The van der Waals surface area contributed by atoms with Gasteiger partial charge in [-0.1, -0.05) is 20.3 Å². The Morgan fingerprint density at radius 3 is 2.70 bits per heavy atom. The second-order valence-corrected chi connectivity index (χ2v) is 3.82. The molecule has 1 saturated carbocycles. The van der Waals surface area contributed by atoms with Crippen LogP contribution in [0.2, 0.25) is 0 Å². The van der Waals surface area contributed by atoms with Crippen LogP contribution < -0.4 is 5.32 Å². The number of hydrogen-bond acceptors (Lipinski definition) is 1. The van der Waals surface area contributed by atoms with E-state index in [9.17, 15) is 0 Å². The lowest BCUT2D eigenvalue weighted by atomic mass is 10.0. The van der Waals surface area contributed by atoms with Gasteiger partial charge in [0.25, 0.3) is 0 Å².